The first-order valence-corrected chi connectivity index (χ1v) is 11.9. The van der Waals surface area contributed by atoms with E-state index < -0.39 is 12.2 Å². The molecule has 5 rings (SSSR count). The Kier molecular flexibility index (Phi) is 8.95. The molecule has 1 saturated heterocycles. The second-order valence-corrected chi connectivity index (χ2v) is 8.01. The van der Waals surface area contributed by atoms with Crippen LogP contribution in [0.15, 0.2) is 30.4 Å². The maximum Gasteiger partial charge on any atom is 0.120 e. The predicted octanol–water partition coefficient (Wildman–Crippen LogP) is 2.76. The van der Waals surface area contributed by atoms with E-state index in [1.165, 1.54) is 12.6 Å². The van der Waals surface area contributed by atoms with Crippen molar-refractivity contribution in [3.05, 3.63) is 35.9 Å². The highest BCUT2D eigenvalue weighted by Crippen LogP contribution is 2.59. The van der Waals surface area contributed by atoms with E-state index in [0.717, 1.165) is 37.4 Å². The normalized spacial score (nSPS) is 34.4. The van der Waals surface area contributed by atoms with Crippen LogP contribution in [0.25, 0.3) is 0 Å². The molecule has 1 saturated carbocycles. The number of likely N-dealkylation sites (N-methyl/N-ethyl adjacent to an activating group) is 1. The summed E-state index contributed by atoms with van der Waals surface area (Å²) < 4.78 is 5.44. The lowest BCUT2D eigenvalue weighted by atomic mass is 9.54. The van der Waals surface area contributed by atoms with Gasteiger partial charge >= 0.3 is 0 Å². The molecule has 0 aromatic heterocycles. The van der Waals surface area contributed by atoms with Crippen molar-refractivity contribution in [1.82, 2.24) is 4.90 Å². The van der Waals surface area contributed by atoms with Gasteiger partial charge in [-0.1, -0.05) is 45.9 Å². The lowest BCUT2D eigenvalue weighted by molar-refractivity contribution is -0.124. The first kappa shape index (κ1) is 25.7. The van der Waals surface area contributed by atoms with Crippen molar-refractivity contribution in [2.45, 2.75) is 70.2 Å². The standard InChI is InChI=1S/C20H26N2O3.2C2H6.CH5N/c1-21-15-11-12(25-2)6-7-14(15)20-8-4-10-22-9-3-5-13(18(20)22)16(23)17(24)19(20)21;3*1-2/h3,5-7,11,13,16-19,23-24H,4,8-10H2,1-2H3;2*1-2H3;2H2,1H3. The monoisotopic (exact) mass is 433 g/mol. The second kappa shape index (κ2) is 10.8. The van der Waals surface area contributed by atoms with Gasteiger partial charge in [-0.15, -0.1) is 0 Å². The third kappa shape index (κ3) is 3.78. The first-order valence-electron chi connectivity index (χ1n) is 11.9. The summed E-state index contributed by atoms with van der Waals surface area (Å²) in [5.74, 6) is 0.824. The zero-order valence-corrected chi connectivity index (χ0v) is 20.4. The van der Waals surface area contributed by atoms with Crippen LogP contribution in [0.4, 0.5) is 5.69 Å². The van der Waals surface area contributed by atoms with Gasteiger partial charge in [-0.3, -0.25) is 4.90 Å². The maximum atomic E-state index is 11.1. The maximum absolute atomic E-state index is 11.1. The summed E-state index contributed by atoms with van der Waals surface area (Å²) in [5.41, 5.74) is 6.80. The third-order valence-corrected chi connectivity index (χ3v) is 7.12. The minimum atomic E-state index is -0.757. The Hall–Kier alpha value is -1.60. The van der Waals surface area contributed by atoms with Gasteiger partial charge in [0.2, 0.25) is 0 Å². The van der Waals surface area contributed by atoms with Crippen LogP contribution in [0, 0.1) is 5.92 Å². The zero-order valence-electron chi connectivity index (χ0n) is 20.4. The van der Waals surface area contributed by atoms with Crippen molar-refractivity contribution in [3.63, 3.8) is 0 Å². The number of hydrogen-bond donors (Lipinski definition) is 3. The van der Waals surface area contributed by atoms with Crippen LogP contribution in [0.2, 0.25) is 0 Å². The number of benzene rings is 1. The molecule has 6 heteroatoms. The van der Waals surface area contributed by atoms with E-state index in [0.29, 0.717) is 0 Å². The van der Waals surface area contributed by atoms with E-state index in [-0.39, 0.29) is 23.4 Å². The van der Waals surface area contributed by atoms with Crippen molar-refractivity contribution < 1.29 is 14.9 Å². The number of hydrogen-bond acceptors (Lipinski definition) is 6. The molecule has 0 radical (unpaired) electrons. The lowest BCUT2D eigenvalue weighted by Crippen LogP contribution is -2.73. The van der Waals surface area contributed by atoms with Crippen molar-refractivity contribution in [2.75, 3.05) is 39.2 Å². The largest absolute Gasteiger partial charge is 0.497 e. The van der Waals surface area contributed by atoms with Crippen molar-refractivity contribution in [1.29, 1.82) is 0 Å². The van der Waals surface area contributed by atoms with Gasteiger partial charge in [0.05, 0.1) is 19.3 Å². The average Bonchev–Trinajstić information content (AvgIpc) is 3.09. The van der Waals surface area contributed by atoms with Gasteiger partial charge in [0.25, 0.3) is 0 Å². The fourth-order valence-electron chi connectivity index (χ4n) is 6.28. The number of methoxy groups -OCH3 is 1. The molecule has 1 aromatic rings. The van der Waals surface area contributed by atoms with Crippen LogP contribution >= 0.6 is 0 Å². The zero-order chi connectivity index (χ0) is 23.3. The van der Waals surface area contributed by atoms with Gasteiger partial charge in [0, 0.05) is 42.7 Å². The number of rotatable bonds is 1. The third-order valence-electron chi connectivity index (χ3n) is 7.12. The summed E-state index contributed by atoms with van der Waals surface area (Å²) in [4.78, 5) is 4.70. The molecular weight excluding hydrogens is 390 g/mol. The Labute approximate surface area is 188 Å². The van der Waals surface area contributed by atoms with E-state index in [4.69, 9.17) is 4.74 Å². The Bertz CT molecular complexity index is 741. The first-order chi connectivity index (χ1) is 15.1. The topological polar surface area (TPSA) is 82.2 Å². The highest BCUT2D eigenvalue weighted by molar-refractivity contribution is 5.68. The van der Waals surface area contributed by atoms with Crippen LogP contribution in [-0.2, 0) is 5.41 Å². The summed E-state index contributed by atoms with van der Waals surface area (Å²) >= 11 is 0. The number of fused-ring (bicyclic) bond motifs is 1. The van der Waals surface area contributed by atoms with Gasteiger partial charge in [-0.2, -0.15) is 0 Å². The summed E-state index contributed by atoms with van der Waals surface area (Å²) in [7, 11) is 5.23. The Morgan fingerprint density at radius 3 is 2.39 bits per heavy atom. The molecule has 6 atom stereocenters. The average molecular weight is 434 g/mol. The van der Waals surface area contributed by atoms with Crippen LogP contribution in [0.3, 0.4) is 0 Å². The van der Waals surface area contributed by atoms with Crippen molar-refractivity contribution in [2.24, 2.45) is 11.7 Å². The predicted molar refractivity (Wildman–Crippen MR) is 129 cm³/mol. The number of ether oxygens (including phenoxy) is 1. The fraction of sp³-hybridized carbons (Fsp3) is 0.680. The summed E-state index contributed by atoms with van der Waals surface area (Å²) in [5, 5.41) is 22.0. The van der Waals surface area contributed by atoms with E-state index >= 15 is 0 Å². The fourth-order valence-corrected chi connectivity index (χ4v) is 6.28. The number of aliphatic hydroxyl groups is 2. The van der Waals surface area contributed by atoms with Gasteiger partial charge in [-0.25, -0.2) is 0 Å². The van der Waals surface area contributed by atoms with Gasteiger partial charge in [0.1, 0.15) is 11.9 Å². The van der Waals surface area contributed by atoms with Crippen LogP contribution in [0.1, 0.15) is 46.1 Å². The molecule has 1 aromatic carbocycles. The van der Waals surface area contributed by atoms with Gasteiger partial charge in [0.15, 0.2) is 0 Å². The number of nitrogens with zero attached hydrogens (tertiary/aromatic N) is 2. The molecule has 3 heterocycles. The summed E-state index contributed by atoms with van der Waals surface area (Å²) in [6.45, 7) is 10.0. The molecule has 0 amide bonds. The van der Waals surface area contributed by atoms with E-state index in [9.17, 15) is 10.2 Å². The highest BCUT2D eigenvalue weighted by Gasteiger charge is 2.66. The lowest BCUT2D eigenvalue weighted by Gasteiger charge is -2.61. The minimum absolute atomic E-state index is 0.0123. The van der Waals surface area contributed by atoms with Crippen molar-refractivity contribution >= 4 is 5.69 Å². The Morgan fingerprint density at radius 2 is 1.74 bits per heavy atom. The van der Waals surface area contributed by atoms with Crippen molar-refractivity contribution in [3.8, 4) is 5.75 Å². The number of aliphatic hydroxyl groups excluding tert-OH is 2. The Balaban J connectivity index is 0.000000527. The van der Waals surface area contributed by atoms with Crippen LogP contribution in [0.5, 0.6) is 5.75 Å². The number of piperidine rings is 1. The van der Waals surface area contributed by atoms with Gasteiger partial charge in [-0.05, 0) is 38.1 Å². The van der Waals surface area contributed by atoms with Gasteiger partial charge < -0.3 is 25.6 Å². The molecule has 1 aliphatic carbocycles. The van der Waals surface area contributed by atoms with E-state index in [2.05, 4.69) is 39.8 Å². The molecule has 1 spiro atoms. The molecule has 6 unspecified atom stereocenters. The molecule has 4 N–H and O–H groups in total. The molecular formula is C25H43N3O3. The number of nitrogens with two attached hydrogens (primary N) is 1. The summed E-state index contributed by atoms with van der Waals surface area (Å²) in [6, 6.07) is 6.45. The molecule has 6 nitrogen and oxygen atoms in total. The molecule has 176 valence electrons. The summed E-state index contributed by atoms with van der Waals surface area (Å²) in [6.07, 6.45) is 4.99. The molecule has 4 aliphatic rings. The van der Waals surface area contributed by atoms with Crippen LogP contribution < -0.4 is 15.4 Å². The second-order valence-electron chi connectivity index (χ2n) is 8.01. The van der Waals surface area contributed by atoms with Crippen LogP contribution in [-0.4, -0.2) is 73.7 Å². The molecule has 0 bridgehead atoms. The SMILES string of the molecule is CC.CC.CN.COc1ccc2c(c1)N(C)C1C(O)C(O)C3C=CCN4CCCC21C34. The Morgan fingerprint density at radius 1 is 1.06 bits per heavy atom. The molecule has 3 aliphatic heterocycles. The minimum Gasteiger partial charge on any atom is -0.497 e. The number of anilines is 1. The highest BCUT2D eigenvalue weighted by atomic mass is 16.5. The molecule has 31 heavy (non-hydrogen) atoms. The van der Waals surface area contributed by atoms with E-state index in [1.54, 1.807) is 7.11 Å². The smallest absolute Gasteiger partial charge is 0.120 e. The quantitative estimate of drug-likeness (QED) is 0.591. The molecule has 2 fully saturated rings. The van der Waals surface area contributed by atoms with E-state index in [1.807, 2.05) is 40.8 Å².